The summed E-state index contributed by atoms with van der Waals surface area (Å²) in [7, 11) is 0. The summed E-state index contributed by atoms with van der Waals surface area (Å²) in [5, 5.41) is 0. The van der Waals surface area contributed by atoms with E-state index in [0.29, 0.717) is 11.8 Å². The Morgan fingerprint density at radius 3 is 2.29 bits per heavy atom. The molecule has 1 aromatic carbocycles. The van der Waals surface area contributed by atoms with Gasteiger partial charge in [0.2, 0.25) is 0 Å². The molecule has 0 saturated carbocycles. The third kappa shape index (κ3) is 3.83. The first-order valence-corrected chi connectivity index (χ1v) is 4.96. The summed E-state index contributed by atoms with van der Waals surface area (Å²) in [6.07, 6.45) is 0.942. The maximum absolute atomic E-state index is 3.90. The van der Waals surface area contributed by atoms with E-state index in [1.54, 1.807) is 0 Å². The second-order valence-corrected chi connectivity index (χ2v) is 3.92. The van der Waals surface area contributed by atoms with Crippen LogP contribution in [0.5, 0.6) is 0 Å². The molecule has 0 saturated heterocycles. The second-order valence-electron chi connectivity index (χ2n) is 3.92. The van der Waals surface area contributed by atoms with E-state index in [4.69, 9.17) is 0 Å². The maximum atomic E-state index is 3.90. The zero-order valence-electron chi connectivity index (χ0n) is 9.38. The van der Waals surface area contributed by atoms with Gasteiger partial charge >= 0.3 is 0 Å². The Morgan fingerprint density at radius 2 is 1.93 bits per heavy atom. The third-order valence-electron chi connectivity index (χ3n) is 2.49. The van der Waals surface area contributed by atoms with Crippen molar-refractivity contribution in [2.45, 2.75) is 39.0 Å². The molecule has 0 amide bonds. The maximum Gasteiger partial charge on any atom is 0 e. The molecular weight excluding hydrogens is 245 g/mol. The topological polar surface area (TPSA) is 0 Å². The molecular formula is C13H18Y-2. The van der Waals surface area contributed by atoms with E-state index in [2.05, 4.69) is 52.0 Å². The summed E-state index contributed by atoms with van der Waals surface area (Å²) in [5.41, 5.74) is 2.64. The first-order chi connectivity index (χ1) is 6.15. The zero-order chi connectivity index (χ0) is 9.84. The van der Waals surface area contributed by atoms with Gasteiger partial charge in [-0.05, 0) is 0 Å². The van der Waals surface area contributed by atoms with Gasteiger partial charge in [-0.25, -0.2) is 0 Å². The van der Waals surface area contributed by atoms with Crippen molar-refractivity contribution in [3.63, 3.8) is 0 Å². The first kappa shape index (κ1) is 14.3. The Morgan fingerprint density at radius 1 is 1.29 bits per heavy atom. The molecule has 0 N–H and O–H groups in total. The molecule has 75 valence electrons. The Balaban J connectivity index is 0.00000169. The fourth-order valence-corrected chi connectivity index (χ4v) is 1.27. The largest absolute Gasteiger partial charge is 0.343 e. The van der Waals surface area contributed by atoms with Crippen LogP contribution in [-0.2, 0) is 32.7 Å². The van der Waals surface area contributed by atoms with E-state index in [1.807, 2.05) is 0 Å². The monoisotopic (exact) mass is 263 g/mol. The molecule has 1 aromatic rings. The molecule has 0 fully saturated rings. The van der Waals surface area contributed by atoms with Crippen molar-refractivity contribution in [3.05, 3.63) is 42.3 Å². The van der Waals surface area contributed by atoms with Crippen molar-refractivity contribution < 1.29 is 32.7 Å². The molecule has 0 nitrogen and oxygen atoms in total. The van der Waals surface area contributed by atoms with E-state index in [-0.39, 0.29) is 32.7 Å². The first-order valence-electron chi connectivity index (χ1n) is 4.96. The standard InChI is InChI=1S/C13H18.Y/c1-5-11(4)13-8-6-12(7-9-13)10(2)3;/h6-8,10-11H,1,5H2,2-4H3;/q-2;. The van der Waals surface area contributed by atoms with Gasteiger partial charge in [0, 0.05) is 32.7 Å². The van der Waals surface area contributed by atoms with Crippen molar-refractivity contribution in [1.29, 1.82) is 0 Å². The molecule has 1 heteroatoms. The van der Waals surface area contributed by atoms with Gasteiger partial charge in [-0.2, -0.15) is 41.8 Å². The van der Waals surface area contributed by atoms with Crippen LogP contribution in [0.25, 0.3) is 0 Å². The summed E-state index contributed by atoms with van der Waals surface area (Å²) < 4.78 is 0. The van der Waals surface area contributed by atoms with E-state index in [9.17, 15) is 0 Å². The SMILES string of the molecule is [CH2-]CC(C)c1[c-]cc(C(C)C)cc1.[Y]. The Hall–Kier alpha value is 0.324. The van der Waals surface area contributed by atoms with E-state index in [0.717, 1.165) is 6.42 Å². The minimum absolute atomic E-state index is 0. The Kier molecular flexibility index (Phi) is 6.90. The van der Waals surface area contributed by atoms with Crippen LogP contribution in [0.3, 0.4) is 0 Å². The summed E-state index contributed by atoms with van der Waals surface area (Å²) >= 11 is 0. The third-order valence-corrected chi connectivity index (χ3v) is 2.49. The predicted molar refractivity (Wildman–Crippen MR) is 57.8 cm³/mol. The van der Waals surface area contributed by atoms with E-state index >= 15 is 0 Å². The van der Waals surface area contributed by atoms with Crippen molar-refractivity contribution >= 4 is 0 Å². The number of hydrogen-bond acceptors (Lipinski definition) is 0. The van der Waals surface area contributed by atoms with Crippen LogP contribution in [0.15, 0.2) is 18.2 Å². The molecule has 0 aromatic heterocycles. The van der Waals surface area contributed by atoms with Gasteiger partial charge in [-0.1, -0.05) is 32.6 Å². The second kappa shape index (κ2) is 6.74. The normalized spacial score (nSPS) is 12.4. The van der Waals surface area contributed by atoms with Crippen LogP contribution in [0, 0.1) is 13.0 Å². The molecule has 0 aliphatic rings. The van der Waals surface area contributed by atoms with Crippen LogP contribution < -0.4 is 0 Å². The summed E-state index contributed by atoms with van der Waals surface area (Å²) in [4.78, 5) is 0. The van der Waals surface area contributed by atoms with Crippen molar-refractivity contribution in [2.24, 2.45) is 0 Å². The molecule has 1 atom stereocenters. The van der Waals surface area contributed by atoms with Gasteiger partial charge in [0.15, 0.2) is 0 Å². The summed E-state index contributed by atoms with van der Waals surface area (Å²) in [5.74, 6) is 1.13. The van der Waals surface area contributed by atoms with Gasteiger partial charge in [0.1, 0.15) is 0 Å². The van der Waals surface area contributed by atoms with Gasteiger partial charge in [0.05, 0.1) is 0 Å². The van der Waals surface area contributed by atoms with Crippen LogP contribution in [0.1, 0.15) is 50.2 Å². The quantitative estimate of drug-likeness (QED) is 0.725. The number of hydrogen-bond donors (Lipinski definition) is 0. The minimum Gasteiger partial charge on any atom is -0.343 e. The molecule has 1 radical (unpaired) electrons. The van der Waals surface area contributed by atoms with E-state index in [1.165, 1.54) is 11.1 Å². The van der Waals surface area contributed by atoms with Crippen molar-refractivity contribution in [3.8, 4) is 0 Å². The molecule has 0 aliphatic heterocycles. The molecule has 14 heavy (non-hydrogen) atoms. The van der Waals surface area contributed by atoms with E-state index < -0.39 is 0 Å². The van der Waals surface area contributed by atoms with Gasteiger partial charge in [-0.15, -0.1) is 0 Å². The van der Waals surface area contributed by atoms with Gasteiger partial charge in [0.25, 0.3) is 0 Å². The summed E-state index contributed by atoms with van der Waals surface area (Å²) in [6.45, 7) is 10.5. The average molecular weight is 263 g/mol. The molecule has 0 spiro atoms. The molecule has 0 heterocycles. The Labute approximate surface area is 113 Å². The fraction of sp³-hybridized carbons (Fsp3) is 0.462. The van der Waals surface area contributed by atoms with Crippen LogP contribution >= 0.6 is 0 Å². The zero-order valence-corrected chi connectivity index (χ0v) is 12.2. The number of rotatable bonds is 3. The van der Waals surface area contributed by atoms with Gasteiger partial charge in [-0.3, -0.25) is 0 Å². The van der Waals surface area contributed by atoms with Crippen LogP contribution in [-0.4, -0.2) is 0 Å². The smallest absolute Gasteiger partial charge is 0 e. The number of benzene rings is 1. The fourth-order valence-electron chi connectivity index (χ4n) is 1.27. The van der Waals surface area contributed by atoms with Gasteiger partial charge < -0.3 is 6.92 Å². The Bertz CT molecular complexity index is 248. The van der Waals surface area contributed by atoms with Crippen LogP contribution in [0.4, 0.5) is 0 Å². The molecule has 1 unspecified atom stereocenters. The average Bonchev–Trinajstić information content (AvgIpc) is 2.17. The van der Waals surface area contributed by atoms with Crippen molar-refractivity contribution in [1.82, 2.24) is 0 Å². The minimum atomic E-state index is 0. The van der Waals surface area contributed by atoms with Crippen LogP contribution in [0.2, 0.25) is 0 Å². The van der Waals surface area contributed by atoms with Crippen molar-refractivity contribution in [2.75, 3.05) is 0 Å². The summed E-state index contributed by atoms with van der Waals surface area (Å²) in [6, 6.07) is 9.80. The molecule has 0 bridgehead atoms. The molecule has 1 rings (SSSR count). The molecule has 0 aliphatic carbocycles. The predicted octanol–water partition coefficient (Wildman–Crippen LogP) is 3.94.